The van der Waals surface area contributed by atoms with E-state index in [9.17, 15) is 20.0 Å². The number of nitrogens with one attached hydrogen (secondary N) is 2. The molecule has 8 heteroatoms. The average molecular weight is 449 g/mol. The highest BCUT2D eigenvalue weighted by Gasteiger charge is 2.48. The maximum atomic E-state index is 13.6. The van der Waals surface area contributed by atoms with Gasteiger partial charge in [-0.05, 0) is 29.5 Å². The molecule has 172 valence electrons. The lowest BCUT2D eigenvalue weighted by atomic mass is 9.86. The highest BCUT2D eigenvalue weighted by molar-refractivity contribution is 5.97. The first-order valence-electron chi connectivity index (χ1n) is 11.4. The Kier molecular flexibility index (Phi) is 5.44. The van der Waals surface area contributed by atoms with Crippen molar-refractivity contribution in [3.8, 4) is 0 Å². The molecule has 2 aliphatic rings. The van der Waals surface area contributed by atoms with Crippen LogP contribution in [-0.2, 0) is 16.0 Å². The summed E-state index contributed by atoms with van der Waals surface area (Å²) in [4.78, 5) is 33.9. The maximum Gasteiger partial charge on any atom is 0.246 e. The summed E-state index contributed by atoms with van der Waals surface area (Å²) in [5.41, 5.74) is 3.65. The molecule has 3 heterocycles. The van der Waals surface area contributed by atoms with Crippen LogP contribution in [0.2, 0.25) is 0 Å². The molecule has 33 heavy (non-hydrogen) atoms. The fraction of sp³-hybridized carbons (Fsp3) is 0.360. The topological polar surface area (TPSA) is 104 Å². The molecule has 5 rings (SSSR count). The molecule has 0 saturated carbocycles. The van der Waals surface area contributed by atoms with Gasteiger partial charge in [0.15, 0.2) is 5.69 Å². The van der Waals surface area contributed by atoms with E-state index >= 15 is 0 Å². The standard InChI is InChI=1S/C25H28N4O4/c1-15(2)10-11-27-14-22(30)28-21(25(27)31)13-19-18-8-3-4-9-20(18)26-23(19)24(28)16-6-5-7-17(12-16)29(32)33/h3-9,12,15,21,24,26,29,32H,10-11,13-14H2,1-2H3. The number of quaternary nitrogens is 1. The van der Waals surface area contributed by atoms with Crippen molar-refractivity contribution in [3.63, 3.8) is 0 Å². The normalized spacial score (nSPS) is 21.5. The van der Waals surface area contributed by atoms with Crippen molar-refractivity contribution in [2.24, 2.45) is 5.92 Å². The van der Waals surface area contributed by atoms with E-state index in [1.165, 1.54) is 6.07 Å². The third kappa shape index (κ3) is 3.70. The number of H-pyrrole nitrogens is 1. The van der Waals surface area contributed by atoms with Crippen molar-refractivity contribution in [1.29, 1.82) is 0 Å². The third-order valence-electron chi connectivity index (χ3n) is 6.77. The van der Waals surface area contributed by atoms with Crippen LogP contribution in [0.5, 0.6) is 0 Å². The number of benzene rings is 2. The SMILES string of the molecule is CC(C)CCN1CC(=O)N2C(Cc3c([nH]c4ccccc34)C2c2cccc([NH+]([O-])O)c2)C1=O. The summed E-state index contributed by atoms with van der Waals surface area (Å²) in [5.74, 6) is 0.285. The zero-order chi connectivity index (χ0) is 23.3. The second kappa shape index (κ2) is 8.30. The quantitative estimate of drug-likeness (QED) is 0.521. The molecule has 2 aromatic carbocycles. The molecule has 3 atom stereocenters. The highest BCUT2D eigenvalue weighted by Crippen LogP contribution is 2.42. The van der Waals surface area contributed by atoms with E-state index in [0.29, 0.717) is 24.4 Å². The van der Waals surface area contributed by atoms with Gasteiger partial charge in [-0.15, -0.1) is 0 Å². The van der Waals surface area contributed by atoms with Crippen LogP contribution < -0.4 is 5.23 Å². The van der Waals surface area contributed by atoms with Crippen molar-refractivity contribution in [2.75, 3.05) is 13.1 Å². The Hall–Kier alpha value is -3.20. The molecule has 8 nitrogen and oxygen atoms in total. The molecule has 1 fully saturated rings. The first-order chi connectivity index (χ1) is 15.8. The van der Waals surface area contributed by atoms with Crippen LogP contribution in [0.15, 0.2) is 48.5 Å². The lowest BCUT2D eigenvalue weighted by Gasteiger charge is -2.47. The molecular weight excluding hydrogens is 420 g/mol. The minimum absolute atomic E-state index is 0.0365. The van der Waals surface area contributed by atoms with E-state index in [4.69, 9.17) is 0 Å². The van der Waals surface area contributed by atoms with Gasteiger partial charge in [0.1, 0.15) is 6.04 Å². The molecule has 1 aromatic heterocycles. The van der Waals surface area contributed by atoms with Crippen molar-refractivity contribution in [1.82, 2.24) is 14.8 Å². The Morgan fingerprint density at radius 1 is 1.18 bits per heavy atom. The molecule has 0 spiro atoms. The Morgan fingerprint density at radius 2 is 1.97 bits per heavy atom. The Morgan fingerprint density at radius 3 is 2.73 bits per heavy atom. The molecular formula is C25H28N4O4. The Balaban J connectivity index is 1.64. The van der Waals surface area contributed by atoms with Crippen LogP contribution in [-0.4, -0.2) is 50.9 Å². The van der Waals surface area contributed by atoms with Crippen LogP contribution in [0.1, 0.15) is 43.1 Å². The van der Waals surface area contributed by atoms with E-state index in [-0.39, 0.29) is 24.0 Å². The van der Waals surface area contributed by atoms with Crippen molar-refractivity contribution in [3.05, 3.63) is 70.6 Å². The maximum absolute atomic E-state index is 13.6. The minimum Gasteiger partial charge on any atom is -0.595 e. The zero-order valence-corrected chi connectivity index (χ0v) is 18.7. The van der Waals surface area contributed by atoms with Gasteiger partial charge in [-0.1, -0.05) is 44.2 Å². The summed E-state index contributed by atoms with van der Waals surface area (Å²) in [6, 6.07) is 13.4. The number of carbonyl (C=O) groups excluding carboxylic acids is 2. The summed E-state index contributed by atoms with van der Waals surface area (Å²) >= 11 is 0. The van der Waals surface area contributed by atoms with Crippen molar-refractivity contribution < 1.29 is 20.0 Å². The molecule has 0 radical (unpaired) electrons. The molecule has 2 amide bonds. The highest BCUT2D eigenvalue weighted by atomic mass is 16.8. The van der Waals surface area contributed by atoms with Gasteiger partial charge in [-0.2, -0.15) is 5.23 Å². The third-order valence-corrected chi connectivity index (χ3v) is 6.77. The number of nitrogens with zero attached hydrogens (tertiary/aromatic N) is 2. The molecule has 2 aliphatic heterocycles. The van der Waals surface area contributed by atoms with E-state index in [1.54, 1.807) is 21.9 Å². The number of rotatable bonds is 5. The number of hydrogen-bond acceptors (Lipinski definition) is 4. The molecule has 1 saturated heterocycles. The van der Waals surface area contributed by atoms with Crippen LogP contribution in [0, 0.1) is 11.1 Å². The molecule has 3 aromatic rings. The second-order valence-electron chi connectivity index (χ2n) is 9.36. The smallest absolute Gasteiger partial charge is 0.246 e. The zero-order valence-electron chi connectivity index (χ0n) is 18.7. The Bertz CT molecular complexity index is 1220. The van der Waals surface area contributed by atoms with Gasteiger partial charge in [-0.25, -0.2) is 5.21 Å². The van der Waals surface area contributed by atoms with Gasteiger partial charge in [-0.3, -0.25) is 9.59 Å². The predicted octanol–water partition coefficient (Wildman–Crippen LogP) is 2.30. The monoisotopic (exact) mass is 448 g/mol. The van der Waals surface area contributed by atoms with E-state index in [1.807, 2.05) is 30.3 Å². The summed E-state index contributed by atoms with van der Waals surface area (Å²) in [7, 11) is 0. The lowest BCUT2D eigenvalue weighted by molar-refractivity contribution is -0.991. The minimum atomic E-state index is -1.03. The Labute approximate surface area is 191 Å². The largest absolute Gasteiger partial charge is 0.595 e. The van der Waals surface area contributed by atoms with Crippen LogP contribution in [0.4, 0.5) is 5.69 Å². The van der Waals surface area contributed by atoms with Gasteiger partial charge in [0.2, 0.25) is 11.8 Å². The number of carbonyl (C=O) groups is 2. The molecule has 0 aliphatic carbocycles. The number of para-hydroxylation sites is 1. The predicted molar refractivity (Wildman–Crippen MR) is 123 cm³/mol. The number of piperazine rings is 1. The number of fused-ring (bicyclic) bond motifs is 4. The lowest BCUT2D eigenvalue weighted by Crippen LogP contribution is -2.99. The summed E-state index contributed by atoms with van der Waals surface area (Å²) in [6.45, 7) is 4.82. The van der Waals surface area contributed by atoms with Gasteiger partial charge < -0.3 is 20.0 Å². The number of hydrogen-bond donors (Lipinski definition) is 3. The van der Waals surface area contributed by atoms with Crippen LogP contribution in [0.3, 0.4) is 0 Å². The van der Waals surface area contributed by atoms with Gasteiger partial charge in [0.05, 0.1) is 12.6 Å². The fourth-order valence-electron chi connectivity index (χ4n) is 5.11. The van der Waals surface area contributed by atoms with Crippen LogP contribution in [0.25, 0.3) is 10.9 Å². The van der Waals surface area contributed by atoms with Gasteiger partial charge in [0.25, 0.3) is 0 Å². The van der Waals surface area contributed by atoms with E-state index in [0.717, 1.165) is 28.6 Å². The van der Waals surface area contributed by atoms with E-state index in [2.05, 4.69) is 18.8 Å². The van der Waals surface area contributed by atoms with E-state index < -0.39 is 17.3 Å². The van der Waals surface area contributed by atoms with Crippen LogP contribution >= 0.6 is 0 Å². The van der Waals surface area contributed by atoms with Crippen molar-refractivity contribution in [2.45, 2.75) is 38.8 Å². The molecule has 3 N–H and O–H groups in total. The van der Waals surface area contributed by atoms with Crippen molar-refractivity contribution >= 4 is 28.4 Å². The summed E-state index contributed by atoms with van der Waals surface area (Å²) < 4.78 is 0. The molecule has 3 unspecified atom stereocenters. The summed E-state index contributed by atoms with van der Waals surface area (Å²) in [5, 5.41) is 21.2. The fourth-order valence-corrected chi connectivity index (χ4v) is 5.11. The number of aromatic nitrogens is 1. The van der Waals surface area contributed by atoms with Gasteiger partial charge in [0, 0.05) is 41.7 Å². The number of amides is 2. The number of aromatic amines is 1. The van der Waals surface area contributed by atoms with Gasteiger partial charge >= 0.3 is 0 Å². The average Bonchev–Trinajstić information content (AvgIpc) is 3.17. The first-order valence-corrected chi connectivity index (χ1v) is 11.4. The summed E-state index contributed by atoms with van der Waals surface area (Å²) in [6.07, 6.45) is 1.28. The first kappa shape index (κ1) is 21.6. The second-order valence-corrected chi connectivity index (χ2v) is 9.36. The molecule has 0 bridgehead atoms.